The lowest BCUT2D eigenvalue weighted by Gasteiger charge is -2.40. The summed E-state index contributed by atoms with van der Waals surface area (Å²) in [6, 6.07) is 51.6. The third-order valence-electron chi connectivity index (χ3n) is 15.7. The first-order chi connectivity index (χ1) is 43.5. The van der Waals surface area contributed by atoms with Crippen LogP contribution in [-0.4, -0.2) is 90.9 Å². The minimum absolute atomic E-state index is 0.00539. The van der Waals surface area contributed by atoms with Crippen molar-refractivity contribution >= 4 is 46.4 Å². The summed E-state index contributed by atoms with van der Waals surface area (Å²) in [6.07, 6.45) is -2.56. The Morgan fingerprint density at radius 2 is 0.967 bits per heavy atom. The van der Waals surface area contributed by atoms with Gasteiger partial charge < -0.3 is 54.1 Å². The fourth-order valence-electron chi connectivity index (χ4n) is 9.40. The molecule has 16 nitrogen and oxygen atoms in total. The summed E-state index contributed by atoms with van der Waals surface area (Å²) in [5.41, 5.74) is 5.38. The average Bonchev–Trinajstić information content (AvgIpc) is 0.945. The van der Waals surface area contributed by atoms with Crippen LogP contribution in [0.2, 0.25) is 43.8 Å². The molecule has 0 aliphatic carbocycles. The number of carbonyl (C=O) groups is 5. The molecule has 4 N–H and O–H groups in total. The number of likely N-dealkylation sites (N-methyl/N-ethyl adjacent to an activating group) is 1. The standard InChI is InChI=1S/C72H87FN4O12Si2/c1-72(2,3)91(8,9)89-60(45-75-70(81)87-49-54-31-21-13-22-32-54)44-62(74-4)67(78)76-63(69(80)86-48-53-29-19-12-20-30-53)43-59-40-57(41-61(73)66(59)85-47-52-27-17-11-18-28-52)56-35-36-65(84-46-51-25-15-10-16-26-51)58(39-56)42-64(68(79)83-37-38-90(5,6)7)77-71(82)88-50-55-33-23-14-24-34-55/h10-36,39-41,60,62-64,74H,37-38,42-50H2,1-9H3,(H,75,81)(H,76,78)(H,77,82)/t60-,62+,63+,64+/m1/s1. The molecule has 3 amide bonds. The van der Waals surface area contributed by atoms with E-state index in [2.05, 4.69) is 74.8 Å². The van der Waals surface area contributed by atoms with Gasteiger partial charge in [-0.25, -0.2) is 23.6 Å². The van der Waals surface area contributed by atoms with Crippen molar-refractivity contribution in [1.82, 2.24) is 21.3 Å². The predicted molar refractivity (Wildman–Crippen MR) is 356 cm³/mol. The first kappa shape index (κ1) is 69.8. The Hall–Kier alpha value is -8.63. The molecule has 0 saturated carbocycles. The second kappa shape index (κ2) is 34.0. The molecule has 19 heteroatoms. The fourth-order valence-corrected chi connectivity index (χ4v) is 11.5. The number of alkyl carbamates (subject to hydrolysis) is 2. The van der Waals surface area contributed by atoms with E-state index in [0.29, 0.717) is 34.0 Å². The van der Waals surface area contributed by atoms with Gasteiger partial charge in [0.2, 0.25) is 5.91 Å². The summed E-state index contributed by atoms with van der Waals surface area (Å²) in [6.45, 7) is 17.1. The number of amides is 3. The number of nitrogens with one attached hydrogen (secondary N) is 4. The number of hydrogen-bond donors (Lipinski definition) is 4. The second-order valence-electron chi connectivity index (χ2n) is 25.1. The molecule has 0 aliphatic heterocycles. The van der Waals surface area contributed by atoms with Crippen molar-refractivity contribution in [3.05, 3.63) is 227 Å². The van der Waals surface area contributed by atoms with Gasteiger partial charge in [0.15, 0.2) is 19.9 Å². The van der Waals surface area contributed by atoms with Crippen molar-refractivity contribution in [3.8, 4) is 22.6 Å². The number of rotatable bonds is 32. The minimum atomic E-state index is -2.54. The SMILES string of the molecule is CN[C@@H](C[C@H](CNC(=O)OCc1ccccc1)O[Si](C)(C)C(C)(C)C)C(=O)N[C@@H](Cc1cc(-c2ccc(OCc3ccccc3)c(C[C@H](NC(=O)OCc3ccccc3)C(=O)OCC[Si](C)(C)C)c2)cc(F)c1OCc1ccccc1)C(=O)OCc1ccccc1. The highest BCUT2D eigenvalue weighted by molar-refractivity contribution is 6.76. The molecule has 0 unspecified atom stereocenters. The second-order valence-corrected chi connectivity index (χ2v) is 35.5. The molecule has 7 aromatic rings. The van der Waals surface area contributed by atoms with Crippen LogP contribution in [0.15, 0.2) is 182 Å². The van der Waals surface area contributed by atoms with Crippen LogP contribution in [0.25, 0.3) is 11.1 Å². The molecular formula is C72H87FN4O12Si2. The van der Waals surface area contributed by atoms with Gasteiger partial charge in [0.05, 0.1) is 18.8 Å². The third-order valence-corrected chi connectivity index (χ3v) is 21.9. The van der Waals surface area contributed by atoms with E-state index in [0.717, 1.165) is 22.3 Å². The summed E-state index contributed by atoms with van der Waals surface area (Å²) in [7, 11) is -2.57. The summed E-state index contributed by atoms with van der Waals surface area (Å²) in [5, 5.41) is 11.4. The van der Waals surface area contributed by atoms with Crippen LogP contribution >= 0.6 is 0 Å². The van der Waals surface area contributed by atoms with Gasteiger partial charge in [-0.2, -0.15) is 0 Å². The maximum atomic E-state index is 17.4. The maximum absolute atomic E-state index is 17.4. The van der Waals surface area contributed by atoms with E-state index in [-0.39, 0.29) is 81.8 Å². The third kappa shape index (κ3) is 23.0. The van der Waals surface area contributed by atoms with Crippen molar-refractivity contribution in [1.29, 1.82) is 0 Å². The van der Waals surface area contributed by atoms with Gasteiger partial charge in [0, 0.05) is 33.0 Å². The fraction of sp³-hybridized carbons (Fsp3) is 0.347. The molecule has 0 aliphatic rings. The molecule has 0 bridgehead atoms. The predicted octanol–water partition coefficient (Wildman–Crippen LogP) is 13.4. The van der Waals surface area contributed by atoms with Crippen LogP contribution in [0.4, 0.5) is 14.0 Å². The topological polar surface area (TPSA) is 198 Å². The largest absolute Gasteiger partial charge is 0.489 e. The van der Waals surface area contributed by atoms with Crippen molar-refractivity contribution in [2.75, 3.05) is 20.2 Å². The molecule has 91 heavy (non-hydrogen) atoms. The number of carbonyl (C=O) groups excluding carboxylic acids is 5. The summed E-state index contributed by atoms with van der Waals surface area (Å²) in [4.78, 5) is 70.5. The van der Waals surface area contributed by atoms with Gasteiger partial charge >= 0.3 is 24.1 Å². The zero-order valence-electron chi connectivity index (χ0n) is 53.7. The highest BCUT2D eigenvalue weighted by Gasteiger charge is 2.41. The summed E-state index contributed by atoms with van der Waals surface area (Å²) in [5.74, 6) is -2.62. The Labute approximate surface area is 537 Å². The quantitative estimate of drug-likeness (QED) is 0.0177. The summed E-state index contributed by atoms with van der Waals surface area (Å²) < 4.78 is 60.1. The molecular weight excluding hydrogens is 1190 g/mol. The van der Waals surface area contributed by atoms with Crippen molar-refractivity contribution in [2.24, 2.45) is 0 Å². The molecule has 4 atom stereocenters. The number of hydrogen-bond acceptors (Lipinski definition) is 13. The Bertz CT molecular complexity index is 3450. The van der Waals surface area contributed by atoms with E-state index in [1.165, 1.54) is 6.07 Å². The molecule has 0 aromatic heterocycles. The van der Waals surface area contributed by atoms with Crippen molar-refractivity contribution < 1.29 is 61.2 Å². The molecule has 0 spiro atoms. The zero-order chi connectivity index (χ0) is 65.4. The molecule has 482 valence electrons. The Kier molecular flexibility index (Phi) is 26.1. The van der Waals surface area contributed by atoms with E-state index in [4.69, 9.17) is 32.8 Å². The van der Waals surface area contributed by atoms with Crippen LogP contribution < -0.4 is 30.7 Å². The molecule has 0 heterocycles. The Balaban J connectivity index is 1.25. The van der Waals surface area contributed by atoms with Crippen LogP contribution in [0.3, 0.4) is 0 Å². The number of esters is 2. The lowest BCUT2D eigenvalue weighted by atomic mass is 9.95. The molecule has 0 saturated heterocycles. The van der Waals surface area contributed by atoms with Crippen LogP contribution in [0.1, 0.15) is 66.1 Å². The lowest BCUT2D eigenvalue weighted by Crippen LogP contribution is -2.54. The van der Waals surface area contributed by atoms with Crippen LogP contribution in [0, 0.1) is 5.82 Å². The van der Waals surface area contributed by atoms with E-state index < -0.39 is 76.5 Å². The molecule has 0 fully saturated rings. The maximum Gasteiger partial charge on any atom is 0.408 e. The van der Waals surface area contributed by atoms with Gasteiger partial charge in [-0.3, -0.25) is 4.79 Å². The Morgan fingerprint density at radius 1 is 0.505 bits per heavy atom. The van der Waals surface area contributed by atoms with Gasteiger partial charge in [-0.15, -0.1) is 0 Å². The Morgan fingerprint density at radius 3 is 1.48 bits per heavy atom. The van der Waals surface area contributed by atoms with Gasteiger partial charge in [0.1, 0.15) is 50.9 Å². The molecule has 0 radical (unpaired) electrons. The van der Waals surface area contributed by atoms with Gasteiger partial charge in [-0.05, 0) is 106 Å². The first-order valence-electron chi connectivity index (χ1n) is 30.8. The normalized spacial score (nSPS) is 12.9. The monoisotopic (exact) mass is 1270 g/mol. The zero-order valence-corrected chi connectivity index (χ0v) is 55.7. The van der Waals surface area contributed by atoms with Gasteiger partial charge in [-0.1, -0.05) is 198 Å². The summed E-state index contributed by atoms with van der Waals surface area (Å²) >= 11 is 0. The van der Waals surface area contributed by atoms with Crippen LogP contribution in [-0.2, 0) is 83.6 Å². The average molecular weight is 1280 g/mol. The molecule has 7 aromatic carbocycles. The van der Waals surface area contributed by atoms with Crippen molar-refractivity contribution in [2.45, 2.75) is 141 Å². The lowest BCUT2D eigenvalue weighted by molar-refractivity contribution is -0.149. The smallest absolute Gasteiger partial charge is 0.408 e. The highest BCUT2D eigenvalue weighted by atomic mass is 28.4. The van der Waals surface area contributed by atoms with E-state index in [9.17, 15) is 24.0 Å². The van der Waals surface area contributed by atoms with Crippen LogP contribution in [0.5, 0.6) is 11.5 Å². The highest BCUT2D eigenvalue weighted by Crippen LogP contribution is 2.38. The number of halogens is 1. The minimum Gasteiger partial charge on any atom is -0.489 e. The van der Waals surface area contributed by atoms with Crippen molar-refractivity contribution in [3.63, 3.8) is 0 Å². The molecule has 7 rings (SSSR count). The van der Waals surface area contributed by atoms with E-state index in [1.54, 1.807) is 43.4 Å². The number of ether oxygens (including phenoxy) is 6. The van der Waals surface area contributed by atoms with E-state index >= 15 is 4.39 Å². The van der Waals surface area contributed by atoms with E-state index in [1.807, 2.05) is 140 Å². The first-order valence-corrected chi connectivity index (χ1v) is 37.4. The van der Waals surface area contributed by atoms with Gasteiger partial charge in [0.25, 0.3) is 0 Å². The number of benzene rings is 7.